The molecule has 0 saturated carbocycles. The Morgan fingerprint density at radius 3 is 2.42 bits per heavy atom. The average Bonchev–Trinajstić information content (AvgIpc) is 3.39. The van der Waals surface area contributed by atoms with Crippen LogP contribution in [-0.4, -0.2) is 91.8 Å². The van der Waals surface area contributed by atoms with Crippen molar-refractivity contribution in [2.45, 2.75) is 62.1 Å². The minimum Gasteiger partial charge on any atom is -0.350 e. The second kappa shape index (κ2) is 13.3. The van der Waals surface area contributed by atoms with Gasteiger partial charge in [0.05, 0.1) is 22.0 Å². The zero-order chi connectivity index (χ0) is 28.1. The van der Waals surface area contributed by atoms with Gasteiger partial charge in [-0.2, -0.15) is 4.98 Å². The average molecular weight is 590 g/mol. The second-order valence-corrected chi connectivity index (χ2v) is 14.8. The molecule has 0 unspecified atom stereocenters. The summed E-state index contributed by atoms with van der Waals surface area (Å²) >= 11 is 6.41. The van der Waals surface area contributed by atoms with E-state index in [0.29, 0.717) is 22.5 Å². The van der Waals surface area contributed by atoms with Crippen LogP contribution in [0.25, 0.3) is 0 Å². The molecule has 3 fully saturated rings. The van der Waals surface area contributed by atoms with Gasteiger partial charge in [-0.1, -0.05) is 23.7 Å². The van der Waals surface area contributed by atoms with Crippen LogP contribution in [0.1, 0.15) is 46.0 Å². The zero-order valence-electron chi connectivity index (χ0n) is 23.8. The van der Waals surface area contributed by atoms with E-state index in [1.807, 2.05) is 0 Å². The summed E-state index contributed by atoms with van der Waals surface area (Å²) in [5, 5.41) is 9.90. The molecule has 0 spiro atoms. The van der Waals surface area contributed by atoms with Gasteiger partial charge >= 0.3 is 0 Å². The molecule has 220 valence electrons. The van der Waals surface area contributed by atoms with E-state index in [9.17, 15) is 8.42 Å². The highest BCUT2D eigenvalue weighted by molar-refractivity contribution is 7.92. The number of rotatable bonds is 10. The first-order valence-corrected chi connectivity index (χ1v) is 16.7. The Morgan fingerprint density at radius 1 is 1.00 bits per heavy atom. The van der Waals surface area contributed by atoms with Crippen LogP contribution in [0, 0.1) is 11.8 Å². The highest BCUT2D eigenvalue weighted by Gasteiger charge is 2.28. The number of likely N-dealkylation sites (tertiary alicyclic amines) is 2. The Kier molecular flexibility index (Phi) is 9.84. The van der Waals surface area contributed by atoms with Crippen LogP contribution >= 0.6 is 11.6 Å². The van der Waals surface area contributed by atoms with Crippen LogP contribution in [0.3, 0.4) is 0 Å². The summed E-state index contributed by atoms with van der Waals surface area (Å²) in [4.78, 5) is 14.5. The molecule has 1 aromatic carbocycles. The highest BCUT2D eigenvalue weighted by Crippen LogP contribution is 2.30. The number of aromatic nitrogens is 2. The first kappa shape index (κ1) is 29.5. The summed E-state index contributed by atoms with van der Waals surface area (Å²) in [6, 6.07) is 7.12. The topological polar surface area (TPSA) is 102 Å². The fourth-order valence-corrected chi connectivity index (χ4v) is 7.51. The molecule has 3 aliphatic rings. The summed E-state index contributed by atoms with van der Waals surface area (Å²) < 4.78 is 25.7. The number of anilines is 3. The van der Waals surface area contributed by atoms with Gasteiger partial charge in [0.15, 0.2) is 15.7 Å². The largest absolute Gasteiger partial charge is 0.350 e. The number of benzene rings is 1. The van der Waals surface area contributed by atoms with Crippen LogP contribution in [0.15, 0.2) is 35.4 Å². The Labute approximate surface area is 244 Å². The van der Waals surface area contributed by atoms with Crippen LogP contribution < -0.4 is 16.0 Å². The molecule has 0 radical (unpaired) electrons. The Hall–Kier alpha value is -1.98. The molecule has 1 aromatic heterocycles. The van der Waals surface area contributed by atoms with Gasteiger partial charge in [0.2, 0.25) is 5.95 Å². The lowest BCUT2D eigenvalue weighted by Crippen LogP contribution is -2.42. The van der Waals surface area contributed by atoms with Crippen LogP contribution in [0.2, 0.25) is 5.02 Å². The second-order valence-electron chi connectivity index (χ2n) is 11.9. The van der Waals surface area contributed by atoms with Gasteiger partial charge in [-0.05, 0) is 96.1 Å². The number of hydrogen-bond acceptors (Lipinski definition) is 9. The third-order valence-electron chi connectivity index (χ3n) is 8.62. The van der Waals surface area contributed by atoms with E-state index in [1.165, 1.54) is 58.4 Å². The maximum atomic E-state index is 12.9. The minimum absolute atomic E-state index is 0.234. The summed E-state index contributed by atoms with van der Waals surface area (Å²) in [7, 11) is -3.47. The lowest BCUT2D eigenvalue weighted by atomic mass is 9.93. The number of hydrogen-bond donors (Lipinski definition) is 3. The SMILES string of the molecule is CC(C)S(=O)(=O)c1ccccc1Nc1nc(N[C@@H]2CCN(CC3CCN(CC4CCNCC4)CC3)C2)ncc1Cl. The van der Waals surface area contributed by atoms with E-state index in [0.717, 1.165) is 37.9 Å². The zero-order valence-corrected chi connectivity index (χ0v) is 25.4. The smallest absolute Gasteiger partial charge is 0.224 e. The molecule has 4 heterocycles. The Bertz CT molecular complexity index is 1230. The molecular weight excluding hydrogens is 546 g/mol. The number of para-hydroxylation sites is 1. The number of piperidine rings is 2. The highest BCUT2D eigenvalue weighted by atomic mass is 35.5. The van der Waals surface area contributed by atoms with E-state index in [-0.39, 0.29) is 10.9 Å². The minimum atomic E-state index is -3.47. The standard InChI is InChI=1S/C29H44ClN7O2S/c1-21(2)40(38,39)27-6-4-3-5-26(27)34-28-25(30)17-32-29(35-28)33-24-11-16-37(20-24)19-23-9-14-36(15-10-23)18-22-7-12-31-13-8-22/h3-6,17,21-24,31H,7-16,18-20H2,1-2H3,(H2,32,33,34,35)/t24-/m1/s1. The van der Waals surface area contributed by atoms with Gasteiger partial charge in [0.1, 0.15) is 5.02 Å². The summed E-state index contributed by atoms with van der Waals surface area (Å²) in [6.45, 7) is 12.7. The van der Waals surface area contributed by atoms with E-state index in [1.54, 1.807) is 44.3 Å². The van der Waals surface area contributed by atoms with Crippen LogP contribution in [0.4, 0.5) is 17.5 Å². The fourth-order valence-electron chi connectivity index (χ4n) is 6.17. The molecular formula is C29H44ClN7O2S. The van der Waals surface area contributed by atoms with Crippen LogP contribution in [-0.2, 0) is 9.84 Å². The van der Waals surface area contributed by atoms with Gasteiger partial charge in [-0.3, -0.25) is 0 Å². The van der Waals surface area contributed by atoms with Crippen molar-refractivity contribution in [3.8, 4) is 0 Å². The first-order chi connectivity index (χ1) is 19.3. The fraction of sp³-hybridized carbons (Fsp3) is 0.655. The van der Waals surface area contributed by atoms with Crippen molar-refractivity contribution in [2.75, 3.05) is 63.0 Å². The molecule has 0 bridgehead atoms. The molecule has 2 aromatic rings. The van der Waals surface area contributed by atoms with E-state index < -0.39 is 15.1 Å². The van der Waals surface area contributed by atoms with Crippen molar-refractivity contribution in [2.24, 2.45) is 11.8 Å². The molecule has 3 saturated heterocycles. The molecule has 3 aliphatic heterocycles. The van der Waals surface area contributed by atoms with Gasteiger partial charge in [0.25, 0.3) is 0 Å². The maximum absolute atomic E-state index is 12.9. The van der Waals surface area contributed by atoms with E-state index in [4.69, 9.17) is 11.6 Å². The number of halogens is 1. The number of nitrogens with zero attached hydrogens (tertiary/aromatic N) is 4. The third kappa shape index (κ3) is 7.45. The molecule has 3 N–H and O–H groups in total. The summed E-state index contributed by atoms with van der Waals surface area (Å²) in [6.07, 6.45) is 7.84. The summed E-state index contributed by atoms with van der Waals surface area (Å²) in [5.41, 5.74) is 0.455. The van der Waals surface area contributed by atoms with Gasteiger partial charge in [0, 0.05) is 32.2 Å². The van der Waals surface area contributed by atoms with Crippen molar-refractivity contribution in [3.05, 3.63) is 35.5 Å². The lowest BCUT2D eigenvalue weighted by Gasteiger charge is -2.36. The molecule has 9 nitrogen and oxygen atoms in total. The monoisotopic (exact) mass is 589 g/mol. The predicted molar refractivity (Wildman–Crippen MR) is 162 cm³/mol. The van der Waals surface area contributed by atoms with Gasteiger partial charge < -0.3 is 25.8 Å². The van der Waals surface area contributed by atoms with Crippen molar-refractivity contribution in [3.63, 3.8) is 0 Å². The maximum Gasteiger partial charge on any atom is 0.224 e. The number of nitrogens with one attached hydrogen (secondary N) is 3. The van der Waals surface area contributed by atoms with Crippen molar-refractivity contribution < 1.29 is 8.42 Å². The molecule has 0 amide bonds. The molecule has 1 atom stereocenters. The molecule has 0 aliphatic carbocycles. The van der Waals surface area contributed by atoms with Gasteiger partial charge in [-0.15, -0.1) is 0 Å². The summed E-state index contributed by atoms with van der Waals surface area (Å²) in [5.74, 6) is 2.52. The first-order valence-electron chi connectivity index (χ1n) is 14.8. The van der Waals surface area contributed by atoms with Crippen LogP contribution in [0.5, 0.6) is 0 Å². The van der Waals surface area contributed by atoms with Crippen molar-refractivity contribution in [1.29, 1.82) is 0 Å². The third-order valence-corrected chi connectivity index (χ3v) is 11.1. The molecule has 40 heavy (non-hydrogen) atoms. The van der Waals surface area contributed by atoms with E-state index in [2.05, 4.69) is 35.7 Å². The Balaban J connectivity index is 1.12. The van der Waals surface area contributed by atoms with Crippen molar-refractivity contribution in [1.82, 2.24) is 25.1 Å². The van der Waals surface area contributed by atoms with Gasteiger partial charge in [-0.25, -0.2) is 13.4 Å². The van der Waals surface area contributed by atoms with E-state index >= 15 is 0 Å². The number of sulfone groups is 1. The molecule has 5 rings (SSSR count). The lowest BCUT2D eigenvalue weighted by molar-refractivity contribution is 0.129. The quantitative estimate of drug-likeness (QED) is 0.375. The Morgan fingerprint density at radius 2 is 1.68 bits per heavy atom. The predicted octanol–water partition coefficient (Wildman–Crippen LogP) is 4.25. The molecule has 11 heteroatoms. The van der Waals surface area contributed by atoms with Crippen molar-refractivity contribution >= 4 is 38.9 Å². The normalized spacial score (nSPS) is 22.1.